The highest BCUT2D eigenvalue weighted by Gasteiger charge is 2.43. The van der Waals surface area contributed by atoms with Crippen LogP contribution in [0, 0.1) is 5.92 Å². The molecule has 2 fully saturated rings. The zero-order valence-electron chi connectivity index (χ0n) is 66.0. The van der Waals surface area contributed by atoms with Gasteiger partial charge in [-0.1, -0.05) is 135 Å². The van der Waals surface area contributed by atoms with E-state index in [0.29, 0.717) is 28.9 Å². The molecule has 10 atom stereocenters. The number of esters is 1. The van der Waals surface area contributed by atoms with Crippen molar-refractivity contribution in [1.29, 1.82) is 0 Å². The first-order valence-electron chi connectivity index (χ1n) is 38.8. The van der Waals surface area contributed by atoms with Gasteiger partial charge in [0.15, 0.2) is 5.96 Å². The summed E-state index contributed by atoms with van der Waals surface area (Å²) in [4.78, 5) is 215. The summed E-state index contributed by atoms with van der Waals surface area (Å²) in [6.45, 7) is 3.13. The summed E-state index contributed by atoms with van der Waals surface area (Å²) in [7, 11) is 1.19. The number of methoxy groups -OCH3 is 1. The van der Waals surface area contributed by atoms with Crippen LogP contribution in [-0.2, 0) is 103 Å². The summed E-state index contributed by atoms with van der Waals surface area (Å²) < 4.78 is 15.7. The van der Waals surface area contributed by atoms with Crippen LogP contribution in [0.25, 0.3) is 0 Å². The van der Waals surface area contributed by atoms with E-state index in [9.17, 15) is 67.1 Å². The number of benzene rings is 4. The number of hydrogen-bond acceptors (Lipinski definition) is 20. The highest BCUT2D eigenvalue weighted by atomic mass is 32.2. The van der Waals surface area contributed by atoms with Crippen molar-refractivity contribution in [3.63, 3.8) is 0 Å². The minimum atomic E-state index is -1.70. The molecule has 6 rings (SSSR count). The van der Waals surface area contributed by atoms with E-state index < -0.39 is 182 Å². The minimum absolute atomic E-state index is 0.00254. The fourth-order valence-electron chi connectivity index (χ4n) is 13.1. The highest BCUT2D eigenvalue weighted by Crippen LogP contribution is 2.25. The lowest BCUT2D eigenvalue weighted by molar-refractivity contribution is -0.145. The van der Waals surface area contributed by atoms with Crippen LogP contribution in [0.3, 0.4) is 0 Å². The molecule has 2 aliphatic heterocycles. The maximum absolute atomic E-state index is 15.2. The molecule has 0 unspecified atom stereocenters. The number of carbonyl (C=O) groups excluding carboxylic acids is 15. The van der Waals surface area contributed by atoms with Crippen LogP contribution in [0.2, 0.25) is 0 Å². The lowest BCUT2D eigenvalue weighted by Crippen LogP contribution is -2.60. The summed E-state index contributed by atoms with van der Waals surface area (Å²) in [6.07, 6.45) is -0.208. The van der Waals surface area contributed by atoms with E-state index in [4.69, 9.17) is 37.1 Å². The Bertz CT molecular complexity index is 3960. The second kappa shape index (κ2) is 49.7. The number of hydrogen-bond donors (Lipinski definition) is 14. The van der Waals surface area contributed by atoms with E-state index in [2.05, 4.69) is 58.2 Å². The van der Waals surface area contributed by atoms with Crippen molar-refractivity contribution in [3.05, 3.63) is 144 Å². The number of rotatable bonds is 48. The van der Waals surface area contributed by atoms with Crippen LogP contribution in [0.4, 0.5) is 9.59 Å². The number of thioether (sulfide) groups is 1. The molecular formula is C80H111N17O18S. The number of alkyl carbamates (subject to hydrolysis) is 2. The fraction of sp³-hybridized carbons (Fsp3) is 0.500. The lowest BCUT2D eigenvalue weighted by Gasteiger charge is -2.32. The van der Waals surface area contributed by atoms with Gasteiger partial charge in [-0.3, -0.25) is 62.5 Å². The van der Waals surface area contributed by atoms with Gasteiger partial charge < -0.3 is 100 Å². The second-order valence-electron chi connectivity index (χ2n) is 28.6. The lowest BCUT2D eigenvalue weighted by atomic mass is 10.0. The zero-order valence-corrected chi connectivity index (χ0v) is 66.8. The van der Waals surface area contributed by atoms with Gasteiger partial charge >= 0.3 is 18.2 Å². The van der Waals surface area contributed by atoms with E-state index in [1.165, 1.54) is 28.7 Å². The molecule has 0 bridgehead atoms. The van der Waals surface area contributed by atoms with Gasteiger partial charge in [-0.15, -0.1) is 0 Å². The van der Waals surface area contributed by atoms with Crippen LogP contribution in [0.1, 0.15) is 132 Å². The van der Waals surface area contributed by atoms with Crippen molar-refractivity contribution in [1.82, 2.24) is 63.0 Å². The number of guanidine groups is 1. The van der Waals surface area contributed by atoms with Crippen molar-refractivity contribution in [2.24, 2.45) is 33.8 Å². The third-order valence-electron chi connectivity index (χ3n) is 19.1. The highest BCUT2D eigenvalue weighted by molar-refractivity contribution is 7.98. The Labute approximate surface area is 678 Å². The standard InChI is InChI=1S/C80H111N17O18S/c1-50(2)44-60(71(104)92-59(38-43-116-4)77(110)113-3)88-67(100)47-87-68(101)61(45-51-22-9-5-10-23-51)93-72(105)62(46-52-24-11-6-12-25-52)94-70(103)55(34-36-65(81)98)89-69(102)56(35-37-66(82)99)90-73(106)63-32-20-41-96(63)75(108)57(30-17-18-39-86-79(111)114-48-53-26-13-7-14-27-53)91-74(107)64-33-21-42-97(64)76(109)58(31-19-40-85-78(83)84)95-80(112)115-49-54-28-15-8-16-29-54/h5-16,22-29,50,55-64H,17-21,30-49H2,1-4H3,(H2,81,98)(H2,82,99)(H,86,111)(H,87,101)(H,88,100)(H,89,102)(H,90,106)(H,91,107)(H,92,104)(H,93,105)(H,94,103)(H,95,112)(H4,83,84,85)/t55-,56-,57-,58-,59+,60-,61-,62+,63-,64-/m0/s1. The zero-order chi connectivity index (χ0) is 84.5. The Morgan fingerprint density at radius 2 is 0.897 bits per heavy atom. The molecule has 116 heavy (non-hydrogen) atoms. The van der Waals surface area contributed by atoms with Crippen LogP contribution in [0.5, 0.6) is 0 Å². The maximum atomic E-state index is 15.2. The van der Waals surface area contributed by atoms with E-state index in [0.717, 1.165) is 5.56 Å². The van der Waals surface area contributed by atoms with Crippen LogP contribution in [-0.4, -0.2) is 217 Å². The molecule has 630 valence electrons. The second-order valence-corrected chi connectivity index (χ2v) is 29.6. The third-order valence-corrected chi connectivity index (χ3v) is 19.7. The van der Waals surface area contributed by atoms with Crippen molar-refractivity contribution < 1.29 is 86.1 Å². The number of nitrogens with one attached hydrogen (secondary N) is 10. The number of nitrogens with two attached hydrogens (primary N) is 4. The summed E-state index contributed by atoms with van der Waals surface area (Å²) in [6, 6.07) is 21.2. The average Bonchev–Trinajstić information content (AvgIpc) is 1.64. The van der Waals surface area contributed by atoms with E-state index in [-0.39, 0.29) is 128 Å². The van der Waals surface area contributed by atoms with Crippen molar-refractivity contribution in [3.8, 4) is 0 Å². The SMILES string of the molecule is COC(=O)[C@@H](CCSC)NC(=O)[C@H](CC(C)C)NC(=O)CNC(=O)[C@H](Cc1ccccc1)NC(=O)[C@@H](Cc1ccccc1)NC(=O)[C@H](CCC(N)=O)NC(=O)[C@H](CCC(N)=O)NC(=O)[C@@H]1CCCN1C(=O)[C@H](CCCCNC(=O)OCc1ccccc1)NC(=O)[C@@H]1CCCN1C(=O)[C@H](CCCN=C(N)N)NC(=O)OCc1ccccc1. The van der Waals surface area contributed by atoms with Crippen LogP contribution >= 0.6 is 11.8 Å². The molecular weight excluding hydrogens is 1520 g/mol. The van der Waals surface area contributed by atoms with Gasteiger partial charge in [-0.05, 0) is 124 Å². The summed E-state index contributed by atoms with van der Waals surface area (Å²) in [5.74, 6) is -10.5. The molecule has 0 spiro atoms. The normalized spacial score (nSPS) is 15.6. The topological polar surface area (TPSA) is 527 Å². The Morgan fingerprint density at radius 1 is 0.466 bits per heavy atom. The monoisotopic (exact) mass is 1630 g/mol. The molecule has 4 aromatic carbocycles. The van der Waals surface area contributed by atoms with Crippen molar-refractivity contribution >= 4 is 107 Å². The smallest absolute Gasteiger partial charge is 0.408 e. The van der Waals surface area contributed by atoms with E-state index >= 15 is 4.79 Å². The van der Waals surface area contributed by atoms with Crippen LogP contribution < -0.4 is 76.1 Å². The van der Waals surface area contributed by atoms with E-state index in [1.807, 2.05) is 26.2 Å². The van der Waals surface area contributed by atoms with Gasteiger partial charge in [0.2, 0.25) is 70.9 Å². The van der Waals surface area contributed by atoms with E-state index in [1.54, 1.807) is 115 Å². The van der Waals surface area contributed by atoms with Crippen molar-refractivity contribution in [2.75, 3.05) is 51.8 Å². The average molecular weight is 1630 g/mol. The molecule has 0 saturated carbocycles. The first kappa shape index (κ1) is 93.0. The molecule has 2 saturated heterocycles. The number of amides is 14. The van der Waals surface area contributed by atoms with Gasteiger partial charge in [-0.25, -0.2) is 14.4 Å². The number of unbranched alkanes of at least 4 members (excludes halogenated alkanes) is 1. The quantitative estimate of drug-likeness (QED) is 0.00961. The predicted molar refractivity (Wildman–Crippen MR) is 430 cm³/mol. The third kappa shape index (κ3) is 32.9. The first-order valence-corrected chi connectivity index (χ1v) is 40.2. The largest absolute Gasteiger partial charge is 0.467 e. The van der Waals surface area contributed by atoms with Gasteiger partial charge in [0.05, 0.1) is 13.7 Å². The predicted octanol–water partition coefficient (Wildman–Crippen LogP) is 0.912. The number of aliphatic imine (C=N–C) groups is 1. The molecule has 36 heteroatoms. The summed E-state index contributed by atoms with van der Waals surface area (Å²) in [5.41, 5.74) is 24.9. The molecule has 18 N–H and O–H groups in total. The summed E-state index contributed by atoms with van der Waals surface area (Å²) in [5, 5.41) is 26.6. The number of nitrogens with zero attached hydrogens (tertiary/aromatic N) is 3. The number of primary amides is 2. The van der Waals surface area contributed by atoms with Crippen molar-refractivity contribution in [2.45, 2.75) is 197 Å². The molecule has 2 aliphatic rings. The molecule has 35 nitrogen and oxygen atoms in total. The van der Waals surface area contributed by atoms with Crippen LogP contribution in [0.15, 0.2) is 126 Å². The van der Waals surface area contributed by atoms with Gasteiger partial charge in [0, 0.05) is 51.9 Å². The molecule has 4 aromatic rings. The Morgan fingerprint density at radius 3 is 1.38 bits per heavy atom. The Kier molecular flexibility index (Phi) is 39.9. The minimum Gasteiger partial charge on any atom is -0.467 e. The number of carbonyl (C=O) groups is 15. The number of ether oxygens (including phenoxy) is 3. The molecule has 14 amide bonds. The van der Waals surface area contributed by atoms with Gasteiger partial charge in [0.1, 0.15) is 73.6 Å². The molecule has 0 aromatic heterocycles. The Balaban J connectivity index is 1.21. The van der Waals surface area contributed by atoms with Gasteiger partial charge in [-0.2, -0.15) is 11.8 Å². The Hall–Kier alpha value is -11.9. The fourth-order valence-corrected chi connectivity index (χ4v) is 13.6. The van der Waals surface area contributed by atoms with Gasteiger partial charge in [0.25, 0.3) is 0 Å². The number of likely N-dealkylation sites (tertiary alicyclic amines) is 2. The maximum Gasteiger partial charge on any atom is 0.408 e. The molecule has 0 radical (unpaired) electrons. The first-order chi connectivity index (χ1) is 55.6. The summed E-state index contributed by atoms with van der Waals surface area (Å²) >= 11 is 1.46. The molecule has 0 aliphatic carbocycles. The molecule has 2 heterocycles.